The molecule has 2 heterocycles. The summed E-state index contributed by atoms with van der Waals surface area (Å²) < 4.78 is 21.7. The summed E-state index contributed by atoms with van der Waals surface area (Å²) >= 11 is 0. The van der Waals surface area contributed by atoms with Crippen molar-refractivity contribution >= 4 is 23.5 Å². The third-order valence-corrected chi connectivity index (χ3v) is 5.51. The van der Waals surface area contributed by atoms with Crippen LogP contribution < -0.4 is 14.4 Å². The van der Waals surface area contributed by atoms with Gasteiger partial charge in [0.1, 0.15) is 11.5 Å². The van der Waals surface area contributed by atoms with Crippen molar-refractivity contribution in [2.75, 3.05) is 38.8 Å². The van der Waals surface area contributed by atoms with E-state index in [-0.39, 0.29) is 37.0 Å². The molecule has 1 aromatic rings. The van der Waals surface area contributed by atoms with E-state index in [9.17, 15) is 14.4 Å². The molecule has 2 fully saturated rings. The van der Waals surface area contributed by atoms with Crippen LogP contribution in [0.1, 0.15) is 27.2 Å². The van der Waals surface area contributed by atoms with Crippen molar-refractivity contribution in [2.45, 2.75) is 45.5 Å². The maximum Gasteiger partial charge on any atom is 0.312 e. The number of methoxy groups -OCH3 is 2. The zero-order valence-corrected chi connectivity index (χ0v) is 18.6. The molecule has 2 amide bonds. The van der Waals surface area contributed by atoms with E-state index in [0.29, 0.717) is 30.3 Å². The summed E-state index contributed by atoms with van der Waals surface area (Å²) in [6.45, 7) is 6.44. The third kappa shape index (κ3) is 5.10. The summed E-state index contributed by atoms with van der Waals surface area (Å²) in [6, 6.07) is 5.12. The van der Waals surface area contributed by atoms with Crippen LogP contribution in [-0.4, -0.2) is 74.8 Å². The Balaban J connectivity index is 1.63. The fourth-order valence-corrected chi connectivity index (χ4v) is 4.04. The second kappa shape index (κ2) is 9.55. The molecule has 9 heteroatoms. The van der Waals surface area contributed by atoms with Crippen molar-refractivity contribution in [3.63, 3.8) is 0 Å². The van der Waals surface area contributed by atoms with Crippen LogP contribution in [0.2, 0.25) is 0 Å². The smallest absolute Gasteiger partial charge is 0.312 e. The number of morpholine rings is 1. The number of hydrogen-bond donors (Lipinski definition) is 0. The van der Waals surface area contributed by atoms with Crippen LogP contribution in [0.4, 0.5) is 5.69 Å². The summed E-state index contributed by atoms with van der Waals surface area (Å²) in [5, 5.41) is 0. The van der Waals surface area contributed by atoms with Gasteiger partial charge in [0.15, 0.2) is 6.10 Å². The number of ether oxygens (including phenoxy) is 4. The molecular formula is C22H30N2O7. The molecule has 9 nitrogen and oxygen atoms in total. The van der Waals surface area contributed by atoms with Gasteiger partial charge in [-0.2, -0.15) is 0 Å². The average Bonchev–Trinajstić information content (AvgIpc) is 3.13. The molecule has 0 saturated carbocycles. The van der Waals surface area contributed by atoms with Gasteiger partial charge in [-0.25, -0.2) is 0 Å². The first kappa shape index (κ1) is 22.9. The molecule has 2 saturated heterocycles. The van der Waals surface area contributed by atoms with Crippen LogP contribution in [0.3, 0.4) is 0 Å². The first-order valence-corrected chi connectivity index (χ1v) is 10.4. The van der Waals surface area contributed by atoms with Crippen molar-refractivity contribution in [3.05, 3.63) is 18.2 Å². The second-order valence-corrected chi connectivity index (χ2v) is 8.02. The van der Waals surface area contributed by atoms with E-state index < -0.39 is 18.0 Å². The number of carbonyl (C=O) groups excluding carboxylic acids is 3. The first-order chi connectivity index (χ1) is 14.7. The minimum absolute atomic E-state index is 0.0144. The molecule has 4 atom stereocenters. The van der Waals surface area contributed by atoms with Crippen LogP contribution in [0.15, 0.2) is 18.2 Å². The molecule has 0 aliphatic carbocycles. The number of hydrogen-bond acceptors (Lipinski definition) is 7. The number of nitrogens with zero attached hydrogens (tertiary/aromatic N) is 2. The summed E-state index contributed by atoms with van der Waals surface area (Å²) in [4.78, 5) is 41.2. The Morgan fingerprint density at radius 1 is 1.10 bits per heavy atom. The Hall–Kier alpha value is -2.81. The van der Waals surface area contributed by atoms with Gasteiger partial charge in [0, 0.05) is 32.1 Å². The van der Waals surface area contributed by atoms with Crippen LogP contribution in [0.5, 0.6) is 11.5 Å². The van der Waals surface area contributed by atoms with Gasteiger partial charge in [-0.1, -0.05) is 0 Å². The van der Waals surface area contributed by atoms with E-state index in [4.69, 9.17) is 18.9 Å². The predicted molar refractivity (Wildman–Crippen MR) is 112 cm³/mol. The van der Waals surface area contributed by atoms with Crippen molar-refractivity contribution in [2.24, 2.45) is 5.92 Å². The highest BCUT2D eigenvalue weighted by Gasteiger charge is 2.39. The van der Waals surface area contributed by atoms with Crippen molar-refractivity contribution in [1.29, 1.82) is 0 Å². The van der Waals surface area contributed by atoms with E-state index in [1.54, 1.807) is 37.1 Å². The van der Waals surface area contributed by atoms with Crippen LogP contribution >= 0.6 is 0 Å². The van der Waals surface area contributed by atoms with E-state index in [0.717, 1.165) is 0 Å². The van der Waals surface area contributed by atoms with Gasteiger partial charge in [-0.3, -0.25) is 14.4 Å². The maximum absolute atomic E-state index is 12.7. The second-order valence-electron chi connectivity index (χ2n) is 8.02. The highest BCUT2D eigenvalue weighted by Crippen LogP contribution is 2.36. The summed E-state index contributed by atoms with van der Waals surface area (Å²) in [7, 11) is 3.05. The quantitative estimate of drug-likeness (QED) is 0.628. The van der Waals surface area contributed by atoms with Gasteiger partial charge in [0.25, 0.3) is 5.91 Å². The zero-order valence-electron chi connectivity index (χ0n) is 18.6. The predicted octanol–water partition coefficient (Wildman–Crippen LogP) is 1.62. The number of amides is 2. The number of carbonyl (C=O) groups is 3. The molecule has 0 unspecified atom stereocenters. The van der Waals surface area contributed by atoms with Crippen molar-refractivity contribution in [1.82, 2.24) is 4.90 Å². The van der Waals surface area contributed by atoms with Gasteiger partial charge < -0.3 is 28.7 Å². The maximum atomic E-state index is 12.7. The Morgan fingerprint density at radius 3 is 2.39 bits per heavy atom. The van der Waals surface area contributed by atoms with Crippen LogP contribution in [-0.2, 0) is 23.9 Å². The largest absolute Gasteiger partial charge is 0.497 e. The summed E-state index contributed by atoms with van der Waals surface area (Å²) in [6.07, 6.45) is -1.06. The molecule has 0 aromatic heterocycles. The monoisotopic (exact) mass is 434 g/mol. The Bertz CT molecular complexity index is 833. The molecule has 170 valence electrons. The number of benzene rings is 1. The first-order valence-electron chi connectivity index (χ1n) is 10.4. The van der Waals surface area contributed by atoms with Crippen LogP contribution in [0, 0.1) is 5.92 Å². The van der Waals surface area contributed by atoms with Crippen LogP contribution in [0.25, 0.3) is 0 Å². The van der Waals surface area contributed by atoms with E-state index in [1.165, 1.54) is 12.0 Å². The number of esters is 1. The minimum Gasteiger partial charge on any atom is -0.497 e. The van der Waals surface area contributed by atoms with Gasteiger partial charge >= 0.3 is 5.97 Å². The normalized spacial score (nSPS) is 24.7. The number of rotatable bonds is 6. The zero-order chi connectivity index (χ0) is 22.7. The molecule has 0 radical (unpaired) electrons. The molecule has 31 heavy (non-hydrogen) atoms. The Morgan fingerprint density at radius 2 is 1.77 bits per heavy atom. The number of anilines is 1. The molecule has 0 bridgehead atoms. The molecule has 2 aliphatic heterocycles. The molecule has 1 aromatic carbocycles. The molecule has 2 aliphatic rings. The van der Waals surface area contributed by atoms with E-state index in [2.05, 4.69) is 0 Å². The molecule has 0 N–H and O–H groups in total. The molecule has 0 spiro atoms. The van der Waals surface area contributed by atoms with E-state index in [1.807, 2.05) is 13.8 Å². The lowest BCUT2D eigenvalue weighted by molar-refractivity contribution is -0.166. The van der Waals surface area contributed by atoms with Crippen molar-refractivity contribution < 1.29 is 33.3 Å². The van der Waals surface area contributed by atoms with Gasteiger partial charge in [-0.05, 0) is 32.9 Å². The lowest BCUT2D eigenvalue weighted by atomic mass is 10.1. The standard InChI is InChI=1S/C22H30N2O7/c1-13-10-23(11-14(2)30-13)21(26)15(3)31-22(27)16-8-20(25)24(12-16)18-7-6-17(28-4)9-19(18)29-5/h6-7,9,13-16H,8,10-12H2,1-5H3/t13-,14-,15+,16+/m0/s1. The minimum atomic E-state index is -0.926. The van der Waals surface area contributed by atoms with Gasteiger partial charge in [0.05, 0.1) is 38.0 Å². The molecule has 3 rings (SSSR count). The molecular weight excluding hydrogens is 404 g/mol. The fraction of sp³-hybridized carbons (Fsp3) is 0.591. The Kier molecular flexibility index (Phi) is 7.04. The lowest BCUT2D eigenvalue weighted by Crippen LogP contribution is -2.51. The lowest BCUT2D eigenvalue weighted by Gasteiger charge is -2.36. The van der Waals surface area contributed by atoms with E-state index >= 15 is 0 Å². The summed E-state index contributed by atoms with van der Waals surface area (Å²) in [5.41, 5.74) is 0.559. The van der Waals surface area contributed by atoms with Crippen molar-refractivity contribution in [3.8, 4) is 11.5 Å². The Labute approximate surface area is 182 Å². The highest BCUT2D eigenvalue weighted by molar-refractivity contribution is 6.01. The van der Waals surface area contributed by atoms with Gasteiger partial charge in [0.2, 0.25) is 5.91 Å². The summed E-state index contributed by atoms with van der Waals surface area (Å²) in [5.74, 6) is -0.604. The average molecular weight is 434 g/mol. The van der Waals surface area contributed by atoms with Gasteiger partial charge in [-0.15, -0.1) is 0 Å². The third-order valence-electron chi connectivity index (χ3n) is 5.51. The highest BCUT2D eigenvalue weighted by atomic mass is 16.5. The topological polar surface area (TPSA) is 94.6 Å². The fourth-order valence-electron chi connectivity index (χ4n) is 4.04. The SMILES string of the molecule is COc1ccc(N2C[C@H](C(=O)O[C@H](C)C(=O)N3C[C@H](C)O[C@@H](C)C3)CC2=O)c(OC)c1.